The quantitative estimate of drug-likeness (QED) is 0.360. The van der Waals surface area contributed by atoms with Gasteiger partial charge >= 0.3 is 0 Å². The Morgan fingerprint density at radius 3 is 2.35 bits per heavy atom. The molecule has 0 saturated heterocycles. The zero-order chi connectivity index (χ0) is 24.7. The van der Waals surface area contributed by atoms with Crippen molar-refractivity contribution in [1.29, 1.82) is 0 Å². The van der Waals surface area contributed by atoms with Crippen LogP contribution in [0, 0.1) is 19.7 Å². The molecule has 3 aromatic rings. The lowest BCUT2D eigenvalue weighted by molar-refractivity contribution is -0.136. The zero-order valence-corrected chi connectivity index (χ0v) is 20.4. The van der Waals surface area contributed by atoms with Crippen LogP contribution < -0.4 is 10.1 Å². The van der Waals surface area contributed by atoms with Gasteiger partial charge < -0.3 is 15.0 Å². The first-order chi connectivity index (χ1) is 16.3. The fourth-order valence-corrected chi connectivity index (χ4v) is 4.12. The first-order valence-electron chi connectivity index (χ1n) is 10.7. The van der Waals surface area contributed by atoms with Crippen molar-refractivity contribution in [3.8, 4) is 5.75 Å². The number of amides is 2. The van der Waals surface area contributed by atoms with Crippen LogP contribution in [0.15, 0.2) is 59.8 Å². The fourth-order valence-electron chi connectivity index (χ4n) is 3.28. The van der Waals surface area contributed by atoms with Crippen LogP contribution in [-0.4, -0.2) is 45.6 Å². The lowest BCUT2D eigenvalue weighted by Gasteiger charge is -2.28. The lowest BCUT2D eigenvalue weighted by atomic mass is 10.1. The van der Waals surface area contributed by atoms with Crippen molar-refractivity contribution >= 4 is 29.3 Å². The van der Waals surface area contributed by atoms with E-state index in [0.717, 1.165) is 11.4 Å². The Balaban J connectivity index is 1.77. The van der Waals surface area contributed by atoms with E-state index in [4.69, 9.17) is 4.74 Å². The standard InChI is InChI=1S/C25H27FN4O3S/c1-16-13-17(2)28-25(27-16)34-15-23(31)30(14-19-7-5-6-8-22(19)26)18(3)24(32)29-20-9-11-21(33-4)12-10-20/h5-13,18H,14-15H2,1-4H3,(H,29,32). The Morgan fingerprint density at radius 2 is 1.74 bits per heavy atom. The highest BCUT2D eigenvalue weighted by molar-refractivity contribution is 7.99. The van der Waals surface area contributed by atoms with Crippen LogP contribution in [0.25, 0.3) is 0 Å². The normalized spacial score (nSPS) is 11.6. The molecule has 1 unspecified atom stereocenters. The van der Waals surface area contributed by atoms with E-state index in [1.165, 1.54) is 22.7 Å². The molecule has 2 aromatic carbocycles. The number of thioether (sulfide) groups is 1. The molecule has 2 amide bonds. The highest BCUT2D eigenvalue weighted by Gasteiger charge is 2.27. The van der Waals surface area contributed by atoms with Crippen molar-refractivity contribution in [2.45, 2.75) is 38.5 Å². The van der Waals surface area contributed by atoms with Gasteiger partial charge in [-0.3, -0.25) is 9.59 Å². The second kappa shape index (κ2) is 11.6. The summed E-state index contributed by atoms with van der Waals surface area (Å²) < 4.78 is 19.5. The fraction of sp³-hybridized carbons (Fsp3) is 0.280. The molecule has 0 saturated carbocycles. The number of aryl methyl sites for hydroxylation is 2. The molecule has 0 radical (unpaired) electrons. The van der Waals surface area contributed by atoms with Crippen LogP contribution in [0.1, 0.15) is 23.9 Å². The lowest BCUT2D eigenvalue weighted by Crippen LogP contribution is -2.46. The van der Waals surface area contributed by atoms with Crippen LogP contribution in [0.3, 0.4) is 0 Å². The van der Waals surface area contributed by atoms with Crippen LogP contribution in [0.4, 0.5) is 10.1 Å². The predicted molar refractivity (Wildman–Crippen MR) is 130 cm³/mol. The first kappa shape index (κ1) is 25.2. The minimum atomic E-state index is -0.852. The number of carbonyl (C=O) groups excluding carboxylic acids is 2. The molecule has 0 spiro atoms. The van der Waals surface area contributed by atoms with Gasteiger partial charge in [0.2, 0.25) is 11.8 Å². The van der Waals surface area contributed by atoms with Gasteiger partial charge in [-0.15, -0.1) is 0 Å². The summed E-state index contributed by atoms with van der Waals surface area (Å²) in [6.07, 6.45) is 0. The first-order valence-corrected chi connectivity index (χ1v) is 11.7. The second-order valence-electron chi connectivity index (χ2n) is 7.73. The van der Waals surface area contributed by atoms with E-state index in [2.05, 4.69) is 15.3 Å². The van der Waals surface area contributed by atoms with Gasteiger partial charge in [0.1, 0.15) is 17.6 Å². The highest BCUT2D eigenvalue weighted by Crippen LogP contribution is 2.20. The van der Waals surface area contributed by atoms with Crippen LogP contribution >= 0.6 is 11.8 Å². The third kappa shape index (κ3) is 6.77. The largest absolute Gasteiger partial charge is 0.497 e. The summed E-state index contributed by atoms with van der Waals surface area (Å²) in [4.78, 5) is 36.3. The Labute approximate surface area is 202 Å². The maximum absolute atomic E-state index is 14.4. The van der Waals surface area contributed by atoms with Gasteiger partial charge in [0, 0.05) is 29.2 Å². The van der Waals surface area contributed by atoms with E-state index in [1.54, 1.807) is 56.5 Å². The molecular formula is C25H27FN4O3S. The smallest absolute Gasteiger partial charge is 0.246 e. The third-order valence-electron chi connectivity index (χ3n) is 5.11. The van der Waals surface area contributed by atoms with E-state index < -0.39 is 11.9 Å². The molecule has 34 heavy (non-hydrogen) atoms. The zero-order valence-electron chi connectivity index (χ0n) is 19.5. The van der Waals surface area contributed by atoms with E-state index in [-0.39, 0.29) is 24.1 Å². The number of benzene rings is 2. The Hall–Kier alpha value is -3.46. The highest BCUT2D eigenvalue weighted by atomic mass is 32.2. The number of hydrogen-bond donors (Lipinski definition) is 1. The summed E-state index contributed by atoms with van der Waals surface area (Å²) in [5.41, 5.74) is 2.50. The number of aromatic nitrogens is 2. The van der Waals surface area contributed by atoms with Gasteiger partial charge in [0.05, 0.1) is 12.9 Å². The van der Waals surface area contributed by atoms with Crippen LogP contribution in [0.2, 0.25) is 0 Å². The maximum Gasteiger partial charge on any atom is 0.246 e. The van der Waals surface area contributed by atoms with Gasteiger partial charge in [-0.25, -0.2) is 14.4 Å². The molecule has 0 aliphatic heterocycles. The molecule has 0 fully saturated rings. The number of methoxy groups -OCH3 is 1. The van der Waals surface area contributed by atoms with Crippen LogP contribution in [0.5, 0.6) is 5.75 Å². The number of nitrogens with one attached hydrogen (secondary N) is 1. The molecule has 1 N–H and O–H groups in total. The van der Waals surface area contributed by atoms with Gasteiger partial charge in [-0.05, 0) is 57.2 Å². The monoisotopic (exact) mass is 482 g/mol. The number of nitrogens with zero attached hydrogens (tertiary/aromatic N) is 3. The molecule has 178 valence electrons. The maximum atomic E-state index is 14.4. The van der Waals surface area contributed by atoms with Gasteiger partial charge in [-0.1, -0.05) is 30.0 Å². The summed E-state index contributed by atoms with van der Waals surface area (Å²) in [5, 5.41) is 3.28. The van der Waals surface area contributed by atoms with Crippen molar-refractivity contribution in [2.24, 2.45) is 0 Å². The topological polar surface area (TPSA) is 84.4 Å². The van der Waals surface area contributed by atoms with Crippen molar-refractivity contribution in [2.75, 3.05) is 18.2 Å². The molecule has 9 heteroatoms. The molecule has 1 atom stereocenters. The summed E-state index contributed by atoms with van der Waals surface area (Å²) in [5.74, 6) is -0.477. The summed E-state index contributed by atoms with van der Waals surface area (Å²) in [6, 6.07) is 14.1. The molecule has 7 nitrogen and oxygen atoms in total. The summed E-state index contributed by atoms with van der Waals surface area (Å²) in [7, 11) is 1.56. The molecule has 0 aliphatic carbocycles. The third-order valence-corrected chi connectivity index (χ3v) is 5.94. The van der Waals surface area contributed by atoms with Gasteiger partial charge in [0.15, 0.2) is 5.16 Å². The Kier molecular flexibility index (Phi) is 8.59. The molecule has 1 heterocycles. The Morgan fingerprint density at radius 1 is 1.09 bits per heavy atom. The number of anilines is 1. The molecular weight excluding hydrogens is 455 g/mol. The van der Waals surface area contributed by atoms with Crippen molar-refractivity contribution < 1.29 is 18.7 Å². The van der Waals surface area contributed by atoms with Crippen molar-refractivity contribution in [1.82, 2.24) is 14.9 Å². The predicted octanol–water partition coefficient (Wildman–Crippen LogP) is 4.39. The van der Waals surface area contributed by atoms with Crippen molar-refractivity contribution in [3.63, 3.8) is 0 Å². The molecule has 0 bridgehead atoms. The van der Waals surface area contributed by atoms with E-state index in [9.17, 15) is 14.0 Å². The molecule has 3 rings (SSSR count). The number of ether oxygens (including phenoxy) is 1. The minimum Gasteiger partial charge on any atom is -0.497 e. The van der Waals surface area contributed by atoms with Crippen molar-refractivity contribution in [3.05, 3.63) is 77.4 Å². The summed E-state index contributed by atoms with van der Waals surface area (Å²) in [6.45, 7) is 5.29. The van der Waals surface area contributed by atoms with Crippen LogP contribution in [-0.2, 0) is 16.1 Å². The molecule has 1 aromatic heterocycles. The van der Waals surface area contributed by atoms with E-state index in [1.807, 2.05) is 19.9 Å². The minimum absolute atomic E-state index is 0.0114. The van der Waals surface area contributed by atoms with Gasteiger partial charge in [-0.2, -0.15) is 0 Å². The molecule has 0 aliphatic rings. The average Bonchev–Trinajstić information content (AvgIpc) is 2.81. The van der Waals surface area contributed by atoms with Gasteiger partial charge in [0.25, 0.3) is 0 Å². The van der Waals surface area contributed by atoms with E-state index >= 15 is 0 Å². The number of carbonyl (C=O) groups is 2. The number of halogens is 1. The number of rotatable bonds is 9. The summed E-state index contributed by atoms with van der Waals surface area (Å²) >= 11 is 1.18. The average molecular weight is 483 g/mol. The Bertz CT molecular complexity index is 1140. The SMILES string of the molecule is COc1ccc(NC(=O)C(C)N(Cc2ccccc2F)C(=O)CSc2nc(C)cc(C)n2)cc1. The second-order valence-corrected chi connectivity index (χ2v) is 8.67. The van der Waals surface area contributed by atoms with E-state index in [0.29, 0.717) is 22.2 Å². The number of hydrogen-bond acceptors (Lipinski definition) is 6.